The molecule has 0 radical (unpaired) electrons. The fraction of sp³-hybridized carbons (Fsp3) is 0.556. The summed E-state index contributed by atoms with van der Waals surface area (Å²) in [4.78, 5) is 0. The van der Waals surface area contributed by atoms with E-state index in [1.165, 1.54) is 49.7 Å². The van der Waals surface area contributed by atoms with Crippen LogP contribution >= 0.6 is 0 Å². The van der Waals surface area contributed by atoms with E-state index >= 15 is 0 Å². The summed E-state index contributed by atoms with van der Waals surface area (Å²) in [5.74, 6) is 1.08. The Bertz CT molecular complexity index is 492. The van der Waals surface area contributed by atoms with Crippen molar-refractivity contribution in [2.45, 2.75) is 51.0 Å². The van der Waals surface area contributed by atoms with Crippen molar-refractivity contribution < 1.29 is 4.74 Å². The topological polar surface area (TPSA) is 21.3 Å². The molecule has 2 aliphatic rings. The zero-order valence-corrected chi connectivity index (χ0v) is 12.5. The van der Waals surface area contributed by atoms with Crippen LogP contribution in [0.3, 0.4) is 0 Å². The van der Waals surface area contributed by atoms with Gasteiger partial charge in [0.15, 0.2) is 0 Å². The van der Waals surface area contributed by atoms with E-state index in [0.717, 1.165) is 18.8 Å². The van der Waals surface area contributed by atoms with Crippen LogP contribution in [0.1, 0.15) is 55.7 Å². The second-order valence-electron chi connectivity index (χ2n) is 5.92. The van der Waals surface area contributed by atoms with Crippen molar-refractivity contribution in [3.05, 3.63) is 41.0 Å². The number of ether oxygens (including phenoxy) is 1. The number of hydrogen-bond donors (Lipinski definition) is 1. The molecular weight excluding hydrogens is 246 g/mol. The molecule has 20 heavy (non-hydrogen) atoms. The number of hydrogen-bond acceptors (Lipinski definition) is 2. The summed E-state index contributed by atoms with van der Waals surface area (Å²) in [6.07, 6.45) is 11.5. The van der Waals surface area contributed by atoms with Gasteiger partial charge in [-0.2, -0.15) is 0 Å². The summed E-state index contributed by atoms with van der Waals surface area (Å²) in [6, 6.07) is 7.08. The highest BCUT2D eigenvalue weighted by Crippen LogP contribution is 2.33. The van der Waals surface area contributed by atoms with E-state index in [1.54, 1.807) is 5.57 Å². The van der Waals surface area contributed by atoms with Gasteiger partial charge in [-0.3, -0.25) is 0 Å². The number of benzene rings is 1. The van der Waals surface area contributed by atoms with Crippen LogP contribution in [0.4, 0.5) is 0 Å². The zero-order chi connectivity index (χ0) is 13.8. The van der Waals surface area contributed by atoms with Crippen molar-refractivity contribution in [2.75, 3.05) is 13.7 Å². The number of allylic oxidation sites excluding steroid dienone is 1. The van der Waals surface area contributed by atoms with E-state index in [0.29, 0.717) is 6.04 Å². The molecule has 1 aliphatic carbocycles. The van der Waals surface area contributed by atoms with Crippen molar-refractivity contribution in [1.29, 1.82) is 0 Å². The Morgan fingerprint density at radius 3 is 2.90 bits per heavy atom. The Morgan fingerprint density at radius 2 is 2.00 bits per heavy atom. The van der Waals surface area contributed by atoms with E-state index in [2.05, 4.69) is 36.6 Å². The number of nitrogens with one attached hydrogen (secondary N) is 1. The Hall–Kier alpha value is -1.28. The average molecular weight is 271 g/mol. The maximum absolute atomic E-state index is 5.61. The summed E-state index contributed by atoms with van der Waals surface area (Å²) in [5, 5.41) is 3.52. The molecule has 2 nitrogen and oxygen atoms in total. The Morgan fingerprint density at radius 1 is 1.10 bits per heavy atom. The van der Waals surface area contributed by atoms with E-state index in [1.807, 2.05) is 0 Å². The van der Waals surface area contributed by atoms with Gasteiger partial charge in [-0.05, 0) is 49.9 Å². The molecule has 3 rings (SSSR count). The van der Waals surface area contributed by atoms with Crippen molar-refractivity contribution in [2.24, 2.45) is 0 Å². The maximum Gasteiger partial charge on any atom is 0.122 e. The lowest BCUT2D eigenvalue weighted by Gasteiger charge is -2.23. The highest BCUT2D eigenvalue weighted by molar-refractivity contribution is 5.42. The molecule has 0 fully saturated rings. The SMILES string of the molecule is CNC(/C1=C/CCCCCC1)c1ccc2c(c1)CCO2. The molecule has 1 aliphatic heterocycles. The van der Waals surface area contributed by atoms with Crippen LogP contribution in [0.15, 0.2) is 29.8 Å². The third kappa shape index (κ3) is 2.90. The Labute approximate surface area is 122 Å². The van der Waals surface area contributed by atoms with Gasteiger partial charge in [-0.25, -0.2) is 0 Å². The molecule has 108 valence electrons. The third-order valence-corrected chi connectivity index (χ3v) is 4.53. The van der Waals surface area contributed by atoms with E-state index in [9.17, 15) is 0 Å². The van der Waals surface area contributed by atoms with E-state index < -0.39 is 0 Å². The lowest BCUT2D eigenvalue weighted by Crippen LogP contribution is -2.19. The molecule has 0 saturated carbocycles. The van der Waals surface area contributed by atoms with E-state index in [-0.39, 0.29) is 0 Å². The minimum absolute atomic E-state index is 0.374. The number of rotatable bonds is 3. The van der Waals surface area contributed by atoms with Crippen LogP contribution in [0, 0.1) is 0 Å². The highest BCUT2D eigenvalue weighted by atomic mass is 16.5. The Kier molecular flexibility index (Phi) is 4.41. The standard InChI is InChI=1S/C18H25NO/c1-19-18(14-7-5-3-2-4-6-8-14)16-9-10-17-15(13-16)11-12-20-17/h7,9-10,13,18-19H,2-6,8,11-12H2,1H3/b14-7+. The van der Waals surface area contributed by atoms with Crippen LogP contribution in [0.5, 0.6) is 5.75 Å². The summed E-state index contributed by atoms with van der Waals surface area (Å²) in [5.41, 5.74) is 4.34. The monoisotopic (exact) mass is 271 g/mol. The quantitative estimate of drug-likeness (QED) is 0.833. The summed E-state index contributed by atoms with van der Waals surface area (Å²) in [6.45, 7) is 0.839. The van der Waals surface area contributed by atoms with Gasteiger partial charge in [0.05, 0.1) is 12.6 Å². The van der Waals surface area contributed by atoms with Gasteiger partial charge in [0.2, 0.25) is 0 Å². The highest BCUT2D eigenvalue weighted by Gasteiger charge is 2.19. The van der Waals surface area contributed by atoms with Gasteiger partial charge < -0.3 is 10.1 Å². The number of fused-ring (bicyclic) bond motifs is 1. The second kappa shape index (κ2) is 6.45. The van der Waals surface area contributed by atoms with Gasteiger partial charge in [0.1, 0.15) is 5.75 Å². The van der Waals surface area contributed by atoms with E-state index in [4.69, 9.17) is 4.74 Å². The van der Waals surface area contributed by atoms with Crippen molar-refractivity contribution in [3.8, 4) is 5.75 Å². The molecule has 0 amide bonds. The summed E-state index contributed by atoms with van der Waals surface area (Å²) >= 11 is 0. The average Bonchev–Trinajstić information content (AvgIpc) is 2.89. The first-order chi connectivity index (χ1) is 9.88. The first-order valence-corrected chi connectivity index (χ1v) is 8.00. The molecule has 1 aromatic rings. The predicted octanol–water partition coefficient (Wildman–Crippen LogP) is 4.16. The van der Waals surface area contributed by atoms with Gasteiger partial charge in [0.25, 0.3) is 0 Å². The lowest BCUT2D eigenvalue weighted by atomic mass is 9.90. The smallest absolute Gasteiger partial charge is 0.122 e. The van der Waals surface area contributed by atoms with Crippen LogP contribution < -0.4 is 10.1 Å². The normalized spacial score (nSPS) is 22.9. The van der Waals surface area contributed by atoms with Crippen LogP contribution in [0.2, 0.25) is 0 Å². The molecule has 0 spiro atoms. The van der Waals surface area contributed by atoms with Crippen LogP contribution in [-0.4, -0.2) is 13.7 Å². The molecule has 1 unspecified atom stereocenters. The van der Waals surface area contributed by atoms with Crippen LogP contribution in [0.25, 0.3) is 0 Å². The molecule has 0 aromatic heterocycles. The van der Waals surface area contributed by atoms with Gasteiger partial charge >= 0.3 is 0 Å². The predicted molar refractivity (Wildman–Crippen MR) is 83.2 cm³/mol. The third-order valence-electron chi connectivity index (χ3n) is 4.53. The first-order valence-electron chi connectivity index (χ1n) is 8.00. The van der Waals surface area contributed by atoms with Gasteiger partial charge in [-0.15, -0.1) is 0 Å². The summed E-state index contributed by atoms with van der Waals surface area (Å²) in [7, 11) is 2.08. The summed E-state index contributed by atoms with van der Waals surface area (Å²) < 4.78 is 5.61. The van der Waals surface area contributed by atoms with Crippen LogP contribution in [-0.2, 0) is 6.42 Å². The molecule has 1 N–H and O–H groups in total. The van der Waals surface area contributed by atoms with Gasteiger partial charge in [0, 0.05) is 6.42 Å². The van der Waals surface area contributed by atoms with Crippen molar-refractivity contribution >= 4 is 0 Å². The molecule has 0 bridgehead atoms. The lowest BCUT2D eigenvalue weighted by molar-refractivity contribution is 0.357. The zero-order valence-electron chi connectivity index (χ0n) is 12.5. The molecular formula is C18H25NO. The minimum atomic E-state index is 0.374. The van der Waals surface area contributed by atoms with Crippen molar-refractivity contribution in [1.82, 2.24) is 5.32 Å². The largest absolute Gasteiger partial charge is 0.493 e. The molecule has 1 atom stereocenters. The molecule has 2 heteroatoms. The van der Waals surface area contributed by atoms with Crippen molar-refractivity contribution in [3.63, 3.8) is 0 Å². The second-order valence-corrected chi connectivity index (χ2v) is 5.92. The molecule has 1 aromatic carbocycles. The Balaban J connectivity index is 1.84. The fourth-order valence-corrected chi connectivity index (χ4v) is 3.43. The maximum atomic E-state index is 5.61. The van der Waals surface area contributed by atoms with Gasteiger partial charge in [-0.1, -0.05) is 36.6 Å². The minimum Gasteiger partial charge on any atom is -0.493 e. The molecule has 0 saturated heterocycles. The molecule has 1 heterocycles. The number of likely N-dealkylation sites (N-methyl/N-ethyl adjacent to an activating group) is 1. The fourth-order valence-electron chi connectivity index (χ4n) is 3.43. The first kappa shape index (κ1) is 13.7.